The highest BCUT2D eigenvalue weighted by atomic mass is 16.5. The fourth-order valence-electron chi connectivity index (χ4n) is 3.40. The molecule has 2 heterocycles. The summed E-state index contributed by atoms with van der Waals surface area (Å²) in [4.78, 5) is 4.79. The fourth-order valence-corrected chi connectivity index (χ4v) is 3.40. The van der Waals surface area contributed by atoms with Crippen LogP contribution in [0.2, 0.25) is 0 Å². The second-order valence-corrected chi connectivity index (χ2v) is 6.06. The van der Waals surface area contributed by atoms with Crippen LogP contribution in [0.4, 0.5) is 0 Å². The second kappa shape index (κ2) is 5.34. The topological polar surface area (TPSA) is 39.9 Å². The number of pyridine rings is 1. The predicted molar refractivity (Wildman–Crippen MR) is 97.1 cm³/mol. The molecule has 4 aromatic rings. The Morgan fingerprint density at radius 1 is 0.917 bits per heavy atom. The second-order valence-electron chi connectivity index (χ2n) is 6.06. The summed E-state index contributed by atoms with van der Waals surface area (Å²) >= 11 is 0. The first kappa shape index (κ1) is 14.7. The van der Waals surface area contributed by atoms with Crippen molar-refractivity contribution in [3.63, 3.8) is 0 Å². The molecule has 4 nitrogen and oxygen atoms in total. The van der Waals surface area contributed by atoms with Gasteiger partial charge in [-0.25, -0.2) is 9.67 Å². The van der Waals surface area contributed by atoms with Crippen LogP contribution >= 0.6 is 0 Å². The van der Waals surface area contributed by atoms with Gasteiger partial charge in [-0.3, -0.25) is 0 Å². The van der Waals surface area contributed by atoms with E-state index in [1.165, 1.54) is 5.56 Å². The lowest BCUT2D eigenvalue weighted by Crippen LogP contribution is -2.00. The number of hydrogen-bond donors (Lipinski definition) is 0. The third-order valence-corrected chi connectivity index (χ3v) is 4.52. The Hall–Kier alpha value is -2.88. The van der Waals surface area contributed by atoms with Crippen LogP contribution in [0.15, 0.2) is 42.5 Å². The lowest BCUT2D eigenvalue weighted by atomic mass is 10.1. The molecule has 2 aromatic heterocycles. The molecule has 0 atom stereocenters. The summed E-state index contributed by atoms with van der Waals surface area (Å²) in [6, 6.07) is 14.3. The van der Waals surface area contributed by atoms with Crippen LogP contribution in [0.25, 0.3) is 27.5 Å². The standard InChI is InChI=1S/C20H19N3O/c1-12-8-5-6-10-16(12)23-20-15-9-7-11-17(24-4)19(15)21-13(2)18(20)14(3)22-23/h5-11H,1-4H3. The first-order valence-corrected chi connectivity index (χ1v) is 8.00. The van der Waals surface area contributed by atoms with Gasteiger partial charge in [0.05, 0.1) is 24.0 Å². The number of nitrogens with zero attached hydrogens (tertiary/aromatic N) is 3. The zero-order chi connectivity index (χ0) is 16.8. The van der Waals surface area contributed by atoms with Crippen LogP contribution in [0.5, 0.6) is 5.75 Å². The molecular weight excluding hydrogens is 298 g/mol. The molecular formula is C20H19N3O. The summed E-state index contributed by atoms with van der Waals surface area (Å²) in [7, 11) is 1.68. The maximum absolute atomic E-state index is 5.52. The van der Waals surface area contributed by atoms with E-state index in [9.17, 15) is 0 Å². The molecule has 120 valence electrons. The Morgan fingerprint density at radius 2 is 1.71 bits per heavy atom. The number of para-hydroxylation sites is 2. The van der Waals surface area contributed by atoms with Crippen molar-refractivity contribution >= 4 is 21.8 Å². The summed E-state index contributed by atoms with van der Waals surface area (Å²) in [5.74, 6) is 0.785. The summed E-state index contributed by atoms with van der Waals surface area (Å²) in [6.45, 7) is 6.18. The third-order valence-electron chi connectivity index (χ3n) is 4.52. The monoisotopic (exact) mass is 317 g/mol. The molecule has 0 unspecified atom stereocenters. The van der Waals surface area contributed by atoms with E-state index in [2.05, 4.69) is 25.1 Å². The van der Waals surface area contributed by atoms with Crippen molar-refractivity contribution in [3.8, 4) is 11.4 Å². The molecule has 0 N–H and O–H groups in total. The summed E-state index contributed by atoms with van der Waals surface area (Å²) < 4.78 is 7.55. The van der Waals surface area contributed by atoms with Crippen LogP contribution in [-0.2, 0) is 0 Å². The fraction of sp³-hybridized carbons (Fsp3) is 0.200. The van der Waals surface area contributed by atoms with E-state index in [1.807, 2.05) is 42.8 Å². The number of aryl methyl sites for hydroxylation is 3. The minimum atomic E-state index is 0.785. The van der Waals surface area contributed by atoms with Gasteiger partial charge in [-0.2, -0.15) is 5.10 Å². The molecule has 0 fully saturated rings. The van der Waals surface area contributed by atoms with Crippen molar-refractivity contribution < 1.29 is 4.74 Å². The highest BCUT2D eigenvalue weighted by molar-refractivity contribution is 6.08. The normalized spacial score (nSPS) is 11.3. The quantitative estimate of drug-likeness (QED) is 0.546. The molecule has 0 aliphatic rings. The number of fused-ring (bicyclic) bond motifs is 3. The summed E-state index contributed by atoms with van der Waals surface area (Å²) in [6.07, 6.45) is 0. The molecule has 0 bridgehead atoms. The summed E-state index contributed by atoms with van der Waals surface area (Å²) in [5, 5.41) is 6.99. The molecule has 24 heavy (non-hydrogen) atoms. The predicted octanol–water partition coefficient (Wildman–Crippen LogP) is 4.51. The van der Waals surface area contributed by atoms with Crippen molar-refractivity contribution in [3.05, 3.63) is 59.4 Å². The Kier molecular flexibility index (Phi) is 3.27. The van der Waals surface area contributed by atoms with Crippen LogP contribution in [0.1, 0.15) is 17.0 Å². The number of rotatable bonds is 2. The van der Waals surface area contributed by atoms with E-state index < -0.39 is 0 Å². The van der Waals surface area contributed by atoms with Crippen LogP contribution < -0.4 is 4.74 Å². The first-order chi connectivity index (χ1) is 11.6. The average Bonchev–Trinajstić information content (AvgIpc) is 2.93. The maximum atomic E-state index is 5.52. The third kappa shape index (κ3) is 1.99. The zero-order valence-corrected chi connectivity index (χ0v) is 14.3. The average molecular weight is 317 g/mol. The molecule has 2 aromatic carbocycles. The van der Waals surface area contributed by atoms with Gasteiger partial charge in [-0.1, -0.05) is 30.3 Å². The van der Waals surface area contributed by atoms with Crippen molar-refractivity contribution in [1.29, 1.82) is 0 Å². The highest BCUT2D eigenvalue weighted by Gasteiger charge is 2.18. The smallest absolute Gasteiger partial charge is 0.145 e. The number of hydrogen-bond acceptors (Lipinski definition) is 3. The highest BCUT2D eigenvalue weighted by Crippen LogP contribution is 2.34. The summed E-state index contributed by atoms with van der Waals surface area (Å²) in [5.41, 5.74) is 6.20. The van der Waals surface area contributed by atoms with Crippen LogP contribution in [0.3, 0.4) is 0 Å². The van der Waals surface area contributed by atoms with Gasteiger partial charge in [0, 0.05) is 16.5 Å². The van der Waals surface area contributed by atoms with Gasteiger partial charge in [-0.15, -0.1) is 0 Å². The van der Waals surface area contributed by atoms with Crippen molar-refractivity contribution in [1.82, 2.24) is 14.8 Å². The number of aromatic nitrogens is 3. The van der Waals surface area contributed by atoms with Crippen molar-refractivity contribution in [2.45, 2.75) is 20.8 Å². The lowest BCUT2D eigenvalue weighted by molar-refractivity contribution is 0.419. The van der Waals surface area contributed by atoms with Gasteiger partial charge < -0.3 is 4.74 Å². The van der Waals surface area contributed by atoms with E-state index in [0.29, 0.717) is 0 Å². The molecule has 0 amide bonds. The van der Waals surface area contributed by atoms with Crippen LogP contribution in [0, 0.1) is 20.8 Å². The lowest BCUT2D eigenvalue weighted by Gasteiger charge is -2.11. The van der Waals surface area contributed by atoms with E-state index in [-0.39, 0.29) is 0 Å². The van der Waals surface area contributed by atoms with E-state index in [1.54, 1.807) is 7.11 Å². The Balaban J connectivity index is 2.23. The van der Waals surface area contributed by atoms with E-state index in [4.69, 9.17) is 14.8 Å². The molecule has 0 aliphatic heterocycles. The van der Waals surface area contributed by atoms with Gasteiger partial charge in [0.2, 0.25) is 0 Å². The number of methoxy groups -OCH3 is 1. The molecule has 4 heteroatoms. The molecule has 0 spiro atoms. The van der Waals surface area contributed by atoms with Crippen molar-refractivity contribution in [2.75, 3.05) is 7.11 Å². The zero-order valence-electron chi connectivity index (χ0n) is 14.3. The SMILES string of the molecule is COc1cccc2c1nc(C)c1c(C)nn(-c3ccccc3C)c12. The van der Waals surface area contributed by atoms with Gasteiger partial charge in [0.25, 0.3) is 0 Å². The Morgan fingerprint density at radius 3 is 2.46 bits per heavy atom. The van der Waals surface area contributed by atoms with E-state index >= 15 is 0 Å². The van der Waals surface area contributed by atoms with E-state index in [0.717, 1.165) is 44.6 Å². The van der Waals surface area contributed by atoms with Crippen LogP contribution in [-0.4, -0.2) is 21.9 Å². The minimum absolute atomic E-state index is 0.785. The molecule has 0 radical (unpaired) electrons. The maximum Gasteiger partial charge on any atom is 0.145 e. The van der Waals surface area contributed by atoms with Gasteiger partial charge >= 0.3 is 0 Å². The molecule has 4 rings (SSSR count). The van der Waals surface area contributed by atoms with Gasteiger partial charge in [0.1, 0.15) is 11.3 Å². The molecule has 0 aliphatic carbocycles. The Labute approximate surface area is 140 Å². The van der Waals surface area contributed by atoms with Crippen molar-refractivity contribution in [2.24, 2.45) is 0 Å². The Bertz CT molecular complexity index is 1080. The van der Waals surface area contributed by atoms with Gasteiger partial charge in [0.15, 0.2) is 0 Å². The molecule has 0 saturated carbocycles. The molecule has 0 saturated heterocycles. The number of ether oxygens (including phenoxy) is 1. The first-order valence-electron chi connectivity index (χ1n) is 8.00. The minimum Gasteiger partial charge on any atom is -0.494 e. The largest absolute Gasteiger partial charge is 0.494 e. The number of benzene rings is 2. The van der Waals surface area contributed by atoms with Gasteiger partial charge in [-0.05, 0) is 38.5 Å².